The second-order valence-electron chi connectivity index (χ2n) is 8.25. The van der Waals surface area contributed by atoms with E-state index in [1.54, 1.807) is 0 Å². The highest BCUT2D eigenvalue weighted by Gasteiger charge is 2.28. The van der Waals surface area contributed by atoms with Crippen LogP contribution < -0.4 is 10.6 Å². The van der Waals surface area contributed by atoms with Crippen LogP contribution in [0, 0.1) is 20.8 Å². The van der Waals surface area contributed by atoms with Crippen molar-refractivity contribution < 1.29 is 9.59 Å². The number of hydrogen-bond acceptors (Lipinski definition) is 5. The summed E-state index contributed by atoms with van der Waals surface area (Å²) >= 11 is 1.30. The first kappa shape index (κ1) is 22.0. The molecule has 3 aromatic rings. The lowest BCUT2D eigenvalue weighted by atomic mass is 9.99. The van der Waals surface area contributed by atoms with Crippen molar-refractivity contribution in [3.63, 3.8) is 0 Å². The Hall–Kier alpha value is -3.26. The lowest BCUT2D eigenvalue weighted by Gasteiger charge is -2.31. The third-order valence-electron chi connectivity index (χ3n) is 5.72. The van der Waals surface area contributed by atoms with Gasteiger partial charge in [-0.05, 0) is 62.4 Å². The average Bonchev–Trinajstić information content (AvgIpc) is 3.28. The zero-order valence-electron chi connectivity index (χ0n) is 18.5. The van der Waals surface area contributed by atoms with Gasteiger partial charge in [-0.1, -0.05) is 41.7 Å². The monoisotopic (exact) mass is 449 g/mol. The molecule has 8 heteroatoms. The molecular weight excluding hydrogens is 422 g/mol. The van der Waals surface area contributed by atoms with Crippen LogP contribution in [-0.4, -0.2) is 40.1 Å². The van der Waals surface area contributed by atoms with Crippen LogP contribution in [0.3, 0.4) is 0 Å². The lowest BCUT2D eigenvalue weighted by Crippen LogP contribution is -2.41. The molecule has 1 aromatic heterocycles. The van der Waals surface area contributed by atoms with E-state index in [1.165, 1.54) is 11.3 Å². The summed E-state index contributed by atoms with van der Waals surface area (Å²) in [6.45, 7) is 7.20. The molecule has 32 heavy (non-hydrogen) atoms. The van der Waals surface area contributed by atoms with Gasteiger partial charge in [0.15, 0.2) is 0 Å². The van der Waals surface area contributed by atoms with Crippen LogP contribution in [0.1, 0.15) is 50.3 Å². The standard InChI is InChI=1S/C24H27N5O2S/c1-15-10-11-17(3)20(13-15)26-24(31)29-12-6-8-18(14-29)22-27-28-23(32-22)21(30)25-19-9-5-4-7-16(19)2/h4-5,7,9-11,13,18H,6,8,12,14H2,1-3H3,(H,25,30)(H,26,31). The summed E-state index contributed by atoms with van der Waals surface area (Å²) in [4.78, 5) is 27.3. The molecule has 1 aliphatic rings. The summed E-state index contributed by atoms with van der Waals surface area (Å²) in [5.74, 6) is -0.186. The minimum atomic E-state index is -0.261. The maximum atomic E-state index is 12.9. The first-order valence-electron chi connectivity index (χ1n) is 10.7. The molecule has 0 aliphatic carbocycles. The molecule has 4 rings (SSSR count). The molecule has 2 N–H and O–H groups in total. The van der Waals surface area contributed by atoms with Gasteiger partial charge in [-0.2, -0.15) is 0 Å². The molecule has 0 radical (unpaired) electrons. The summed E-state index contributed by atoms with van der Waals surface area (Å²) in [7, 11) is 0. The first-order chi connectivity index (χ1) is 15.4. The SMILES string of the molecule is Cc1ccc(C)c(NC(=O)N2CCCC(c3nnc(C(=O)Nc4ccccc4C)s3)C2)c1. The van der Waals surface area contributed by atoms with Crippen molar-refractivity contribution in [2.75, 3.05) is 23.7 Å². The lowest BCUT2D eigenvalue weighted by molar-refractivity contribution is 0.102. The highest BCUT2D eigenvalue weighted by molar-refractivity contribution is 7.13. The summed E-state index contributed by atoms with van der Waals surface area (Å²) in [6.07, 6.45) is 1.80. The Kier molecular flexibility index (Phi) is 6.50. The van der Waals surface area contributed by atoms with Gasteiger partial charge in [-0.25, -0.2) is 4.79 Å². The molecule has 2 aromatic carbocycles. The van der Waals surface area contributed by atoms with E-state index in [0.717, 1.165) is 45.9 Å². The number of aryl methyl sites for hydroxylation is 3. The Morgan fingerprint density at radius 2 is 1.78 bits per heavy atom. The maximum Gasteiger partial charge on any atom is 0.321 e. The van der Waals surface area contributed by atoms with E-state index in [4.69, 9.17) is 0 Å². The molecule has 0 spiro atoms. The van der Waals surface area contributed by atoms with E-state index in [2.05, 4.69) is 20.8 Å². The van der Waals surface area contributed by atoms with Crippen molar-refractivity contribution >= 4 is 34.6 Å². The predicted octanol–water partition coefficient (Wildman–Crippen LogP) is 5.13. The third-order valence-corrected chi connectivity index (χ3v) is 6.81. The summed E-state index contributed by atoms with van der Waals surface area (Å²) < 4.78 is 0. The highest BCUT2D eigenvalue weighted by atomic mass is 32.1. The minimum Gasteiger partial charge on any atom is -0.324 e. The Labute approximate surface area is 191 Å². The zero-order chi connectivity index (χ0) is 22.7. The second kappa shape index (κ2) is 9.48. The number of nitrogens with one attached hydrogen (secondary N) is 2. The Morgan fingerprint density at radius 3 is 2.59 bits per heavy atom. The predicted molar refractivity (Wildman–Crippen MR) is 128 cm³/mol. The topological polar surface area (TPSA) is 87.2 Å². The van der Waals surface area contributed by atoms with Gasteiger partial charge >= 0.3 is 6.03 Å². The number of amides is 3. The molecular formula is C24H27N5O2S. The van der Waals surface area contributed by atoms with Crippen LogP contribution in [0.25, 0.3) is 0 Å². The Morgan fingerprint density at radius 1 is 1.00 bits per heavy atom. The normalized spacial score (nSPS) is 16.0. The van der Waals surface area contributed by atoms with Crippen LogP contribution in [0.5, 0.6) is 0 Å². The number of carbonyl (C=O) groups is 2. The molecule has 0 saturated carbocycles. The van der Waals surface area contributed by atoms with E-state index in [-0.39, 0.29) is 17.9 Å². The van der Waals surface area contributed by atoms with Crippen molar-refractivity contribution in [2.45, 2.75) is 39.5 Å². The van der Waals surface area contributed by atoms with Gasteiger partial charge in [-0.3, -0.25) is 4.79 Å². The number of nitrogens with zero attached hydrogens (tertiary/aromatic N) is 3. The van der Waals surface area contributed by atoms with E-state index >= 15 is 0 Å². The van der Waals surface area contributed by atoms with Crippen molar-refractivity contribution in [1.82, 2.24) is 15.1 Å². The zero-order valence-corrected chi connectivity index (χ0v) is 19.3. The highest BCUT2D eigenvalue weighted by Crippen LogP contribution is 2.30. The quantitative estimate of drug-likeness (QED) is 0.578. The summed E-state index contributed by atoms with van der Waals surface area (Å²) in [6, 6.07) is 13.5. The molecule has 3 amide bonds. The van der Waals surface area contributed by atoms with Gasteiger partial charge in [0.1, 0.15) is 5.01 Å². The van der Waals surface area contributed by atoms with Crippen LogP contribution in [-0.2, 0) is 0 Å². The fourth-order valence-corrected chi connectivity index (χ4v) is 4.67. The number of piperidine rings is 1. The number of anilines is 2. The van der Waals surface area contributed by atoms with Gasteiger partial charge in [0, 0.05) is 30.4 Å². The Balaban J connectivity index is 1.41. The summed E-state index contributed by atoms with van der Waals surface area (Å²) in [5, 5.41) is 15.5. The van der Waals surface area contributed by atoms with Gasteiger partial charge in [0.25, 0.3) is 5.91 Å². The molecule has 7 nitrogen and oxygen atoms in total. The summed E-state index contributed by atoms with van der Waals surface area (Å²) in [5.41, 5.74) is 4.73. The largest absolute Gasteiger partial charge is 0.324 e. The van der Waals surface area contributed by atoms with Crippen LogP contribution in [0.2, 0.25) is 0 Å². The van der Waals surface area contributed by atoms with Crippen LogP contribution in [0.15, 0.2) is 42.5 Å². The van der Waals surface area contributed by atoms with E-state index in [9.17, 15) is 9.59 Å². The van der Waals surface area contributed by atoms with Crippen molar-refractivity contribution in [2.24, 2.45) is 0 Å². The molecule has 1 unspecified atom stereocenters. The minimum absolute atomic E-state index is 0.0746. The number of carbonyl (C=O) groups excluding carboxylic acids is 2. The van der Waals surface area contributed by atoms with Gasteiger partial charge in [-0.15, -0.1) is 10.2 Å². The third kappa shape index (κ3) is 4.96. The molecule has 0 bridgehead atoms. The number of benzene rings is 2. The number of aromatic nitrogens is 2. The van der Waals surface area contributed by atoms with E-state index in [0.29, 0.717) is 18.1 Å². The fraction of sp³-hybridized carbons (Fsp3) is 0.333. The van der Waals surface area contributed by atoms with Crippen molar-refractivity contribution in [3.8, 4) is 0 Å². The fourth-order valence-electron chi connectivity index (χ4n) is 3.81. The van der Waals surface area contributed by atoms with E-state index in [1.807, 2.05) is 68.1 Å². The number of hydrogen-bond donors (Lipinski definition) is 2. The molecule has 1 aliphatic heterocycles. The maximum absolute atomic E-state index is 12.9. The molecule has 1 fully saturated rings. The molecule has 2 heterocycles. The number of urea groups is 1. The van der Waals surface area contributed by atoms with Crippen LogP contribution >= 0.6 is 11.3 Å². The number of rotatable bonds is 4. The Bertz CT molecular complexity index is 1140. The average molecular weight is 450 g/mol. The van der Waals surface area contributed by atoms with Crippen molar-refractivity contribution in [3.05, 3.63) is 69.2 Å². The molecule has 166 valence electrons. The smallest absolute Gasteiger partial charge is 0.321 e. The van der Waals surface area contributed by atoms with E-state index < -0.39 is 0 Å². The van der Waals surface area contributed by atoms with Crippen molar-refractivity contribution in [1.29, 1.82) is 0 Å². The second-order valence-corrected chi connectivity index (χ2v) is 9.26. The molecule has 1 atom stereocenters. The first-order valence-corrected chi connectivity index (χ1v) is 11.6. The van der Waals surface area contributed by atoms with Gasteiger partial charge < -0.3 is 15.5 Å². The van der Waals surface area contributed by atoms with Gasteiger partial charge in [0.05, 0.1) is 0 Å². The number of para-hydroxylation sites is 1. The number of likely N-dealkylation sites (tertiary alicyclic amines) is 1. The molecule has 1 saturated heterocycles. The van der Waals surface area contributed by atoms with Crippen LogP contribution in [0.4, 0.5) is 16.2 Å². The van der Waals surface area contributed by atoms with Gasteiger partial charge in [0.2, 0.25) is 5.01 Å².